The third-order valence-corrected chi connectivity index (χ3v) is 8.27. The minimum Gasteiger partial charge on any atom is -0.480 e. The van der Waals surface area contributed by atoms with Crippen LogP contribution in [0.1, 0.15) is 40.2 Å². The van der Waals surface area contributed by atoms with Crippen molar-refractivity contribution in [2.45, 2.75) is 23.9 Å². The van der Waals surface area contributed by atoms with Gasteiger partial charge in [0.25, 0.3) is 0 Å². The molecule has 6 rings (SSSR count). The number of carboxylic acid groups (broad SMARTS) is 1. The summed E-state index contributed by atoms with van der Waals surface area (Å²) in [7, 11) is 0. The molecule has 0 radical (unpaired) electrons. The average Bonchev–Trinajstić information content (AvgIpc) is 3.40. The maximum Gasteiger partial charge on any atom is 0.407 e. The van der Waals surface area contributed by atoms with E-state index in [2.05, 4.69) is 10.6 Å². The predicted octanol–water partition coefficient (Wildman–Crippen LogP) is 6.48. The molecule has 0 fully saturated rings. The molecule has 0 unspecified atom stereocenters. The molecular weight excluding hydrogens is 566 g/mol. The highest BCUT2D eigenvalue weighted by Crippen LogP contribution is 2.44. The Balaban J connectivity index is 1.21. The van der Waals surface area contributed by atoms with E-state index >= 15 is 0 Å². The van der Waals surface area contributed by atoms with Crippen molar-refractivity contribution >= 4 is 18.0 Å². The molecule has 45 heavy (non-hydrogen) atoms. The number of aliphatic carboxylic acids is 1. The molecule has 0 aliphatic heterocycles. The fourth-order valence-electron chi connectivity index (χ4n) is 6.21. The van der Waals surface area contributed by atoms with Crippen LogP contribution in [0.15, 0.2) is 140 Å². The van der Waals surface area contributed by atoms with Crippen molar-refractivity contribution in [3.05, 3.63) is 167 Å². The average molecular weight is 599 g/mol. The van der Waals surface area contributed by atoms with Gasteiger partial charge in [-0.25, -0.2) is 9.59 Å². The van der Waals surface area contributed by atoms with Crippen molar-refractivity contribution in [2.24, 2.45) is 0 Å². The van der Waals surface area contributed by atoms with Gasteiger partial charge in [0.1, 0.15) is 18.2 Å². The number of nitrogens with one attached hydrogen (secondary N) is 2. The first kappa shape index (κ1) is 29.4. The highest BCUT2D eigenvalue weighted by molar-refractivity contribution is 5.88. The van der Waals surface area contributed by atoms with Gasteiger partial charge in [0.2, 0.25) is 5.91 Å². The highest BCUT2D eigenvalue weighted by atomic mass is 16.6. The van der Waals surface area contributed by atoms with Gasteiger partial charge in [-0.1, -0.05) is 140 Å². The molecule has 1 aliphatic rings. The van der Waals surface area contributed by atoms with Crippen molar-refractivity contribution < 1.29 is 24.2 Å². The van der Waals surface area contributed by atoms with Crippen LogP contribution in [-0.2, 0) is 19.9 Å². The summed E-state index contributed by atoms with van der Waals surface area (Å²) in [5, 5.41) is 15.6. The van der Waals surface area contributed by atoms with E-state index < -0.39 is 36.0 Å². The summed E-state index contributed by atoms with van der Waals surface area (Å²) in [4.78, 5) is 39.0. The smallest absolute Gasteiger partial charge is 0.407 e. The van der Waals surface area contributed by atoms with Crippen molar-refractivity contribution in [3.63, 3.8) is 0 Å². The molecule has 1 atom stereocenters. The molecule has 0 aromatic heterocycles. The first-order valence-corrected chi connectivity index (χ1v) is 14.8. The number of hydrogen-bond acceptors (Lipinski definition) is 4. The topological polar surface area (TPSA) is 105 Å². The van der Waals surface area contributed by atoms with Gasteiger partial charge in [0.15, 0.2) is 0 Å². The van der Waals surface area contributed by atoms with Gasteiger partial charge in [-0.3, -0.25) is 4.79 Å². The molecule has 0 saturated carbocycles. The van der Waals surface area contributed by atoms with Gasteiger partial charge < -0.3 is 20.5 Å². The Morgan fingerprint density at radius 3 is 1.51 bits per heavy atom. The molecule has 7 heteroatoms. The molecule has 0 heterocycles. The van der Waals surface area contributed by atoms with E-state index in [-0.39, 0.29) is 12.5 Å². The second-order valence-electron chi connectivity index (χ2n) is 11.0. The number of alkyl carbamates (subject to hydrolysis) is 1. The van der Waals surface area contributed by atoms with Crippen LogP contribution in [0.5, 0.6) is 0 Å². The van der Waals surface area contributed by atoms with Crippen molar-refractivity contribution in [3.8, 4) is 11.1 Å². The number of benzene rings is 5. The van der Waals surface area contributed by atoms with Crippen LogP contribution in [0.2, 0.25) is 0 Å². The number of ether oxygens (including phenoxy) is 1. The van der Waals surface area contributed by atoms with Crippen LogP contribution in [-0.4, -0.2) is 35.7 Å². The molecule has 0 saturated heterocycles. The molecule has 0 spiro atoms. The summed E-state index contributed by atoms with van der Waals surface area (Å²) in [6.07, 6.45) is -1.41. The molecular formula is C38H32N2O5. The number of carbonyl (C=O) groups is 3. The Morgan fingerprint density at radius 2 is 1.07 bits per heavy atom. The van der Waals surface area contributed by atoms with Crippen LogP contribution >= 0.6 is 0 Å². The first-order chi connectivity index (χ1) is 22.0. The second kappa shape index (κ2) is 12.9. The largest absolute Gasteiger partial charge is 0.480 e. The Labute approximate surface area is 261 Å². The van der Waals surface area contributed by atoms with E-state index in [4.69, 9.17) is 4.74 Å². The molecule has 7 nitrogen and oxygen atoms in total. The normalized spacial score (nSPS) is 12.8. The van der Waals surface area contributed by atoms with E-state index in [0.29, 0.717) is 0 Å². The Morgan fingerprint density at radius 1 is 0.644 bits per heavy atom. The summed E-state index contributed by atoms with van der Waals surface area (Å²) < 4.78 is 5.57. The zero-order chi connectivity index (χ0) is 31.2. The predicted molar refractivity (Wildman–Crippen MR) is 172 cm³/mol. The maximum atomic E-state index is 13.8. The standard InChI is InChI=1S/C38H32N2O5/c41-35(40-38(26-14-4-1-5-15-26,27-16-6-2-7-17-27)28-18-8-3-9-19-28)24-34(36(42)43)39-37(44)45-25-33-31-22-12-10-20-29(31)30-21-11-13-23-32(30)33/h1-23,33-34H,24-25H2,(H,39,44)(H,40,41)(H,42,43)/t34-/m0/s1/i39+1,40+1. The lowest BCUT2D eigenvalue weighted by Crippen LogP contribution is -2.51. The van der Waals surface area contributed by atoms with Crippen molar-refractivity contribution in [2.75, 3.05) is 6.61 Å². The molecule has 2 amide bonds. The molecule has 5 aromatic carbocycles. The van der Waals surface area contributed by atoms with E-state index in [1.165, 1.54) is 0 Å². The van der Waals surface area contributed by atoms with Crippen LogP contribution in [0.4, 0.5) is 4.79 Å². The lowest BCUT2D eigenvalue weighted by Gasteiger charge is -2.37. The van der Waals surface area contributed by atoms with Gasteiger partial charge in [0, 0.05) is 5.92 Å². The van der Waals surface area contributed by atoms with Gasteiger partial charge in [0.05, 0.1) is 6.42 Å². The monoisotopic (exact) mass is 598 g/mol. The summed E-state index contributed by atoms with van der Waals surface area (Å²) >= 11 is 0. The van der Waals surface area contributed by atoms with Crippen molar-refractivity contribution in [1.82, 2.24) is 10.6 Å². The molecule has 224 valence electrons. The fourth-order valence-corrected chi connectivity index (χ4v) is 6.21. The minimum atomic E-state index is -1.51. The summed E-state index contributed by atoms with van der Waals surface area (Å²) in [6, 6.07) is 42.9. The minimum absolute atomic E-state index is 0.0253. The Bertz CT molecular complexity index is 1670. The van der Waals surface area contributed by atoms with Crippen LogP contribution in [0.25, 0.3) is 11.1 Å². The lowest BCUT2D eigenvalue weighted by atomic mass is 9.78. The SMILES string of the molecule is O=C(C[C@H]([15NH]C(=O)OCC1c2ccccc2-c2ccccc21)C(=O)O)[15NH]C(c1ccccc1)(c1ccccc1)c1ccccc1. The zero-order valence-corrected chi connectivity index (χ0v) is 24.4. The van der Waals surface area contributed by atoms with Gasteiger partial charge >= 0.3 is 12.1 Å². The van der Waals surface area contributed by atoms with Crippen molar-refractivity contribution in [1.29, 1.82) is 0 Å². The van der Waals surface area contributed by atoms with Gasteiger partial charge in [-0.05, 0) is 38.9 Å². The van der Waals surface area contributed by atoms with E-state index in [1.54, 1.807) is 0 Å². The molecule has 0 bridgehead atoms. The molecule has 3 N–H and O–H groups in total. The Hall–Kier alpha value is -5.69. The van der Waals surface area contributed by atoms with E-state index in [0.717, 1.165) is 38.9 Å². The highest BCUT2D eigenvalue weighted by Gasteiger charge is 2.39. The number of hydrogen-bond donors (Lipinski definition) is 3. The number of carboxylic acids is 1. The van der Waals surface area contributed by atoms with E-state index in [1.807, 2.05) is 140 Å². The van der Waals surface area contributed by atoms with Gasteiger partial charge in [-0.15, -0.1) is 0 Å². The molecule has 5 aromatic rings. The van der Waals surface area contributed by atoms with Crippen LogP contribution in [0, 0.1) is 0 Å². The Kier molecular flexibility index (Phi) is 8.42. The fraction of sp³-hybridized carbons (Fsp3) is 0.132. The third kappa shape index (κ3) is 5.93. The summed E-state index contributed by atoms with van der Waals surface area (Å²) in [5.74, 6) is -2.08. The zero-order valence-electron chi connectivity index (χ0n) is 24.4. The van der Waals surface area contributed by atoms with Gasteiger partial charge in [-0.2, -0.15) is 0 Å². The number of carbonyl (C=O) groups excluding carboxylic acids is 2. The van der Waals surface area contributed by atoms with Crippen LogP contribution < -0.4 is 10.6 Å². The number of rotatable bonds is 10. The lowest BCUT2D eigenvalue weighted by molar-refractivity contribution is -0.141. The second-order valence-corrected chi connectivity index (χ2v) is 11.0. The number of fused-ring (bicyclic) bond motifs is 3. The summed E-state index contributed by atoms with van der Waals surface area (Å²) in [5.41, 5.74) is 5.53. The maximum absolute atomic E-state index is 13.8. The molecule has 1 aliphatic carbocycles. The summed E-state index contributed by atoms with van der Waals surface area (Å²) in [6.45, 7) is 0.0253. The number of amides is 2. The quantitative estimate of drug-likeness (QED) is 0.126. The van der Waals surface area contributed by atoms with Crippen LogP contribution in [0.3, 0.4) is 0 Å². The van der Waals surface area contributed by atoms with E-state index in [9.17, 15) is 19.5 Å². The first-order valence-electron chi connectivity index (χ1n) is 14.8. The third-order valence-electron chi connectivity index (χ3n) is 8.27.